The third-order valence-corrected chi connectivity index (χ3v) is 6.16. The van der Waals surface area contributed by atoms with Crippen molar-refractivity contribution in [2.45, 2.75) is 39.3 Å². The van der Waals surface area contributed by atoms with Gasteiger partial charge in [-0.25, -0.2) is 0 Å². The summed E-state index contributed by atoms with van der Waals surface area (Å²) >= 11 is 0. The number of likely N-dealkylation sites (tertiary alicyclic amines) is 1. The molecule has 0 spiro atoms. The van der Waals surface area contributed by atoms with Gasteiger partial charge in [0, 0.05) is 45.5 Å². The Morgan fingerprint density at radius 2 is 1.76 bits per heavy atom. The fraction of sp³-hybridized carbons (Fsp3) is 0.565. The lowest BCUT2D eigenvalue weighted by molar-refractivity contribution is 0.0342. The standard InChI is InChI=1S/C23H32N4O2/c1-2-27-18-22(16-24-27)23(28)26-9-7-20(8-10-26)15-19-3-5-21(6-4-19)17-25-11-13-29-14-12-25/h3-6,16,18,20H,2,7-15,17H2,1H3. The number of amides is 1. The normalized spacial score (nSPS) is 18.9. The molecule has 1 amide bonds. The fourth-order valence-corrected chi connectivity index (χ4v) is 4.30. The minimum atomic E-state index is 0.121. The van der Waals surface area contributed by atoms with Crippen molar-refractivity contribution in [1.82, 2.24) is 19.6 Å². The van der Waals surface area contributed by atoms with Crippen LogP contribution in [0.1, 0.15) is 41.3 Å². The Morgan fingerprint density at radius 1 is 1.07 bits per heavy atom. The molecular formula is C23H32N4O2. The molecule has 0 N–H and O–H groups in total. The molecule has 1 aromatic carbocycles. The smallest absolute Gasteiger partial charge is 0.257 e. The van der Waals surface area contributed by atoms with Gasteiger partial charge in [0.25, 0.3) is 5.91 Å². The Bertz CT molecular complexity index is 787. The second-order valence-electron chi connectivity index (χ2n) is 8.23. The highest BCUT2D eigenvalue weighted by atomic mass is 16.5. The summed E-state index contributed by atoms with van der Waals surface area (Å²) in [7, 11) is 0. The molecule has 156 valence electrons. The number of ether oxygens (including phenoxy) is 1. The molecular weight excluding hydrogens is 364 g/mol. The predicted molar refractivity (Wildman–Crippen MR) is 113 cm³/mol. The van der Waals surface area contributed by atoms with Crippen LogP contribution in [-0.2, 0) is 24.2 Å². The molecule has 2 fully saturated rings. The van der Waals surface area contributed by atoms with Crippen molar-refractivity contribution in [1.29, 1.82) is 0 Å². The van der Waals surface area contributed by atoms with Crippen molar-refractivity contribution in [3.05, 3.63) is 53.3 Å². The highest BCUT2D eigenvalue weighted by molar-refractivity contribution is 5.93. The lowest BCUT2D eigenvalue weighted by atomic mass is 9.89. The maximum absolute atomic E-state index is 12.7. The van der Waals surface area contributed by atoms with E-state index in [0.717, 1.165) is 71.7 Å². The van der Waals surface area contributed by atoms with Gasteiger partial charge in [0.05, 0.1) is 25.0 Å². The van der Waals surface area contributed by atoms with Gasteiger partial charge in [-0.15, -0.1) is 0 Å². The van der Waals surface area contributed by atoms with Crippen molar-refractivity contribution < 1.29 is 9.53 Å². The van der Waals surface area contributed by atoms with Crippen molar-refractivity contribution in [2.24, 2.45) is 5.92 Å². The molecule has 0 bridgehead atoms. The zero-order chi connectivity index (χ0) is 20.1. The summed E-state index contributed by atoms with van der Waals surface area (Å²) in [4.78, 5) is 17.1. The third kappa shape index (κ3) is 5.25. The van der Waals surface area contributed by atoms with Gasteiger partial charge in [-0.3, -0.25) is 14.4 Å². The number of piperidine rings is 1. The molecule has 29 heavy (non-hydrogen) atoms. The first-order valence-electron chi connectivity index (χ1n) is 10.9. The van der Waals surface area contributed by atoms with Crippen LogP contribution in [0.5, 0.6) is 0 Å². The number of hydrogen-bond acceptors (Lipinski definition) is 4. The van der Waals surface area contributed by atoms with Crippen LogP contribution in [0.25, 0.3) is 0 Å². The molecule has 2 aromatic rings. The molecule has 2 saturated heterocycles. The van der Waals surface area contributed by atoms with Crippen LogP contribution in [0.3, 0.4) is 0 Å². The number of benzene rings is 1. The van der Waals surface area contributed by atoms with Gasteiger partial charge in [0.15, 0.2) is 0 Å². The second kappa shape index (κ2) is 9.55. The van der Waals surface area contributed by atoms with E-state index in [1.165, 1.54) is 11.1 Å². The number of carbonyl (C=O) groups excluding carboxylic acids is 1. The molecule has 1 aromatic heterocycles. The van der Waals surface area contributed by atoms with E-state index in [9.17, 15) is 4.79 Å². The summed E-state index contributed by atoms with van der Waals surface area (Å²) in [6.07, 6.45) is 6.79. The predicted octanol–water partition coefficient (Wildman–Crippen LogP) is 2.83. The number of morpholine rings is 1. The lowest BCUT2D eigenvalue weighted by Gasteiger charge is -2.32. The highest BCUT2D eigenvalue weighted by Gasteiger charge is 2.24. The molecule has 0 aliphatic carbocycles. The topological polar surface area (TPSA) is 50.6 Å². The minimum Gasteiger partial charge on any atom is -0.379 e. The van der Waals surface area contributed by atoms with Gasteiger partial charge in [-0.1, -0.05) is 24.3 Å². The average Bonchev–Trinajstić information content (AvgIpc) is 3.25. The van der Waals surface area contributed by atoms with Gasteiger partial charge < -0.3 is 9.64 Å². The number of rotatable bonds is 6. The van der Waals surface area contributed by atoms with E-state index < -0.39 is 0 Å². The van der Waals surface area contributed by atoms with E-state index in [1.54, 1.807) is 6.20 Å². The second-order valence-corrected chi connectivity index (χ2v) is 8.23. The molecule has 0 saturated carbocycles. The zero-order valence-corrected chi connectivity index (χ0v) is 17.4. The highest BCUT2D eigenvalue weighted by Crippen LogP contribution is 2.23. The van der Waals surface area contributed by atoms with Crippen LogP contribution in [0.2, 0.25) is 0 Å². The van der Waals surface area contributed by atoms with Crippen LogP contribution < -0.4 is 0 Å². The first-order valence-corrected chi connectivity index (χ1v) is 10.9. The van der Waals surface area contributed by atoms with Crippen LogP contribution in [-0.4, -0.2) is 64.9 Å². The van der Waals surface area contributed by atoms with Crippen molar-refractivity contribution >= 4 is 5.91 Å². The Kier molecular flexibility index (Phi) is 6.62. The van der Waals surface area contributed by atoms with Gasteiger partial charge >= 0.3 is 0 Å². The summed E-state index contributed by atoms with van der Waals surface area (Å²) in [5.41, 5.74) is 3.49. The van der Waals surface area contributed by atoms with Gasteiger partial charge in [-0.2, -0.15) is 5.10 Å². The average molecular weight is 397 g/mol. The van der Waals surface area contributed by atoms with Crippen molar-refractivity contribution in [3.63, 3.8) is 0 Å². The summed E-state index contributed by atoms with van der Waals surface area (Å²) < 4.78 is 7.23. The Hall–Kier alpha value is -2.18. The van der Waals surface area contributed by atoms with Crippen LogP contribution in [0.15, 0.2) is 36.7 Å². The summed E-state index contributed by atoms with van der Waals surface area (Å²) in [5.74, 6) is 0.776. The van der Waals surface area contributed by atoms with Gasteiger partial charge in [0.2, 0.25) is 0 Å². The van der Waals surface area contributed by atoms with E-state index >= 15 is 0 Å². The number of aryl methyl sites for hydroxylation is 1. The Morgan fingerprint density at radius 3 is 2.41 bits per heavy atom. The molecule has 2 aliphatic heterocycles. The van der Waals surface area contributed by atoms with E-state index in [4.69, 9.17) is 4.74 Å². The van der Waals surface area contributed by atoms with Gasteiger partial charge in [-0.05, 0) is 43.2 Å². The Balaban J connectivity index is 1.24. The van der Waals surface area contributed by atoms with Crippen LogP contribution in [0, 0.1) is 5.92 Å². The van der Waals surface area contributed by atoms with E-state index in [-0.39, 0.29) is 5.91 Å². The quantitative estimate of drug-likeness (QED) is 0.753. The molecule has 0 atom stereocenters. The lowest BCUT2D eigenvalue weighted by Crippen LogP contribution is -2.38. The maximum Gasteiger partial charge on any atom is 0.257 e. The molecule has 3 heterocycles. The largest absolute Gasteiger partial charge is 0.379 e. The third-order valence-electron chi connectivity index (χ3n) is 6.16. The number of aromatic nitrogens is 2. The van der Waals surface area contributed by atoms with E-state index in [0.29, 0.717) is 11.5 Å². The number of nitrogens with zero attached hydrogens (tertiary/aromatic N) is 4. The molecule has 4 rings (SSSR count). The summed E-state index contributed by atoms with van der Waals surface area (Å²) in [5, 5.41) is 4.23. The Labute approximate surface area is 173 Å². The molecule has 0 radical (unpaired) electrons. The summed E-state index contributed by atoms with van der Waals surface area (Å²) in [6, 6.07) is 9.11. The number of hydrogen-bond donors (Lipinski definition) is 0. The number of carbonyl (C=O) groups is 1. The van der Waals surface area contributed by atoms with E-state index in [1.807, 2.05) is 22.7 Å². The van der Waals surface area contributed by atoms with Crippen molar-refractivity contribution in [2.75, 3.05) is 39.4 Å². The summed E-state index contributed by atoms with van der Waals surface area (Å²) in [6.45, 7) is 9.27. The molecule has 6 heteroatoms. The monoisotopic (exact) mass is 396 g/mol. The first-order chi connectivity index (χ1) is 14.2. The molecule has 2 aliphatic rings. The first kappa shape index (κ1) is 20.1. The fourth-order valence-electron chi connectivity index (χ4n) is 4.30. The SMILES string of the molecule is CCn1cc(C(=O)N2CCC(Cc3ccc(CN4CCOCC4)cc3)CC2)cn1. The van der Waals surface area contributed by atoms with Gasteiger partial charge in [0.1, 0.15) is 0 Å². The van der Waals surface area contributed by atoms with Crippen LogP contribution in [0.4, 0.5) is 0 Å². The minimum absolute atomic E-state index is 0.121. The molecule has 0 unspecified atom stereocenters. The zero-order valence-electron chi connectivity index (χ0n) is 17.4. The molecule has 6 nitrogen and oxygen atoms in total. The van der Waals surface area contributed by atoms with Crippen LogP contribution >= 0.6 is 0 Å². The maximum atomic E-state index is 12.7. The van der Waals surface area contributed by atoms with Crippen molar-refractivity contribution in [3.8, 4) is 0 Å². The van der Waals surface area contributed by atoms with E-state index in [2.05, 4.69) is 34.3 Å².